The lowest BCUT2D eigenvalue weighted by atomic mass is 9.95. The highest BCUT2D eigenvalue weighted by atomic mass is 35.7. The van der Waals surface area contributed by atoms with Gasteiger partial charge in [-0.25, -0.2) is 8.42 Å². The summed E-state index contributed by atoms with van der Waals surface area (Å²) in [6, 6.07) is 5.95. The maximum atomic E-state index is 11.5. The number of Topliss-reactive ketones (excluding diaryl/α,β-unsaturated/α-hetero) is 1. The maximum absolute atomic E-state index is 11.5. The minimum absolute atomic E-state index is 0.0641. The summed E-state index contributed by atoms with van der Waals surface area (Å²) in [6.07, 6.45) is 0.757. The number of fused-ring (bicyclic) bond motifs is 1. The van der Waals surface area contributed by atoms with Crippen molar-refractivity contribution in [1.82, 2.24) is 0 Å². The van der Waals surface area contributed by atoms with Gasteiger partial charge >= 0.3 is 0 Å². The summed E-state index contributed by atoms with van der Waals surface area (Å²) in [5, 5.41) is 0. The van der Waals surface area contributed by atoms with Crippen LogP contribution in [0, 0.1) is 0 Å². The molecule has 0 heterocycles. The van der Waals surface area contributed by atoms with Gasteiger partial charge in [-0.05, 0) is 0 Å². The van der Waals surface area contributed by atoms with Crippen LogP contribution in [0.15, 0.2) is 30.3 Å². The van der Waals surface area contributed by atoms with Gasteiger partial charge in [0.05, 0.1) is 4.91 Å². The second-order valence-corrected chi connectivity index (χ2v) is 5.72. The molecule has 1 aliphatic carbocycles. The van der Waals surface area contributed by atoms with Crippen LogP contribution in [0.4, 0.5) is 0 Å². The molecule has 4 nitrogen and oxygen atoms in total. The van der Waals surface area contributed by atoms with Gasteiger partial charge in [-0.2, -0.15) is 0 Å². The van der Waals surface area contributed by atoms with Crippen molar-refractivity contribution < 1.29 is 18.0 Å². The van der Waals surface area contributed by atoms with Crippen LogP contribution in [0.25, 0.3) is 4.91 Å². The Balaban J connectivity index is 2.80. The number of benzene rings is 1. The van der Waals surface area contributed by atoms with E-state index in [1.807, 2.05) is 0 Å². The molecule has 6 heteroatoms. The predicted octanol–water partition coefficient (Wildman–Crippen LogP) is 1.36. The molecule has 0 N–H and O–H groups in total. The molecule has 82 valence electrons. The van der Waals surface area contributed by atoms with Gasteiger partial charge in [0.15, 0.2) is 0 Å². The van der Waals surface area contributed by atoms with Crippen molar-refractivity contribution in [2.75, 3.05) is 0 Å². The molecule has 0 aromatic heterocycles. The highest BCUT2D eigenvalue weighted by molar-refractivity contribution is 8.21. The van der Waals surface area contributed by atoms with Crippen LogP contribution in [0.2, 0.25) is 0 Å². The van der Waals surface area contributed by atoms with Crippen LogP contribution >= 0.6 is 10.7 Å². The lowest BCUT2D eigenvalue weighted by molar-refractivity contribution is -0.110. The second kappa shape index (κ2) is 3.54. The van der Waals surface area contributed by atoms with E-state index in [4.69, 9.17) is 10.7 Å². The molecule has 1 aromatic rings. The number of hydrogen-bond acceptors (Lipinski definition) is 4. The molecule has 0 amide bonds. The van der Waals surface area contributed by atoms with E-state index in [1.165, 1.54) is 12.1 Å². The van der Waals surface area contributed by atoms with Crippen LogP contribution in [0.1, 0.15) is 15.9 Å². The zero-order valence-corrected chi connectivity index (χ0v) is 9.38. The smallest absolute Gasteiger partial charge is 0.262 e. The first kappa shape index (κ1) is 11.0. The quantitative estimate of drug-likeness (QED) is 0.562. The summed E-state index contributed by atoms with van der Waals surface area (Å²) >= 11 is 0. The minimum atomic E-state index is -4.04. The zero-order valence-electron chi connectivity index (χ0n) is 7.81. The van der Waals surface area contributed by atoms with Gasteiger partial charge in [0.1, 0.15) is 0 Å². The summed E-state index contributed by atoms with van der Waals surface area (Å²) in [5.41, 5.74) is 0.233. The van der Waals surface area contributed by atoms with Crippen molar-refractivity contribution in [2.45, 2.75) is 0 Å². The van der Waals surface area contributed by atoms with Crippen molar-refractivity contribution in [2.24, 2.45) is 0 Å². The van der Waals surface area contributed by atoms with Crippen LogP contribution in [-0.2, 0) is 13.8 Å². The number of carbonyl (C=O) groups is 2. The Morgan fingerprint density at radius 2 is 1.56 bits per heavy atom. The van der Waals surface area contributed by atoms with E-state index in [9.17, 15) is 18.0 Å². The van der Waals surface area contributed by atoms with E-state index >= 15 is 0 Å². The maximum Gasteiger partial charge on any atom is 0.262 e. The molecule has 16 heavy (non-hydrogen) atoms. The molecule has 0 atom stereocenters. The summed E-state index contributed by atoms with van der Waals surface area (Å²) < 4.78 is 22.5. The molecule has 1 aromatic carbocycles. The van der Waals surface area contributed by atoms with Gasteiger partial charge in [-0.3, -0.25) is 9.59 Å². The number of carbonyl (C=O) groups excluding carboxylic acids is 2. The van der Waals surface area contributed by atoms with E-state index in [2.05, 4.69) is 0 Å². The first-order chi connectivity index (χ1) is 7.41. The summed E-state index contributed by atoms with van der Waals surface area (Å²) in [4.78, 5) is 22.4. The van der Waals surface area contributed by atoms with Gasteiger partial charge in [-0.1, -0.05) is 24.3 Å². The monoisotopic (exact) mass is 256 g/mol. The van der Waals surface area contributed by atoms with Crippen molar-refractivity contribution in [3.8, 4) is 0 Å². The third-order valence-electron chi connectivity index (χ3n) is 2.19. The number of halogens is 1. The molecule has 0 fully saturated rings. The third-order valence-corrected chi connectivity index (χ3v) is 3.55. The van der Waals surface area contributed by atoms with Crippen LogP contribution in [0.5, 0.6) is 0 Å². The van der Waals surface area contributed by atoms with E-state index in [0.29, 0.717) is 0 Å². The predicted molar refractivity (Wildman–Crippen MR) is 58.5 cm³/mol. The van der Waals surface area contributed by atoms with E-state index in [1.54, 1.807) is 12.1 Å². The Labute approximate surface area is 96.0 Å². The largest absolute Gasteiger partial charge is 0.286 e. The summed E-state index contributed by atoms with van der Waals surface area (Å²) in [7, 11) is 1.16. The second-order valence-electron chi connectivity index (χ2n) is 3.19. The molecular formula is C10H5ClO4S. The summed E-state index contributed by atoms with van der Waals surface area (Å²) in [5.74, 6) is -1.60. The SMILES string of the molecule is O=C1C=C(S(=O)(=O)Cl)c2ccccc2C1=O. The van der Waals surface area contributed by atoms with Gasteiger partial charge in [-0.15, -0.1) is 0 Å². The topological polar surface area (TPSA) is 68.3 Å². The van der Waals surface area contributed by atoms with Crippen molar-refractivity contribution >= 4 is 36.2 Å². The first-order valence-electron chi connectivity index (χ1n) is 4.25. The number of rotatable bonds is 1. The summed E-state index contributed by atoms with van der Waals surface area (Å²) in [6.45, 7) is 0. The van der Waals surface area contributed by atoms with Crippen molar-refractivity contribution in [3.63, 3.8) is 0 Å². The Morgan fingerprint density at radius 1 is 1.00 bits per heavy atom. The fraction of sp³-hybridized carbons (Fsp3) is 0. The van der Waals surface area contributed by atoms with Crippen LogP contribution in [-0.4, -0.2) is 20.0 Å². The molecule has 0 aliphatic heterocycles. The van der Waals surface area contributed by atoms with Crippen molar-refractivity contribution in [1.29, 1.82) is 0 Å². The average molecular weight is 257 g/mol. The van der Waals surface area contributed by atoms with E-state index < -0.39 is 20.6 Å². The highest BCUT2D eigenvalue weighted by Gasteiger charge is 2.30. The molecule has 0 radical (unpaired) electrons. The Hall–Kier alpha value is -1.46. The minimum Gasteiger partial charge on any atom is -0.286 e. The molecule has 0 unspecified atom stereocenters. The Bertz CT molecular complexity index is 628. The number of hydrogen-bond donors (Lipinski definition) is 0. The average Bonchev–Trinajstić information content (AvgIpc) is 2.22. The van der Waals surface area contributed by atoms with Gasteiger partial charge < -0.3 is 0 Å². The number of allylic oxidation sites excluding steroid dienone is 1. The first-order valence-corrected chi connectivity index (χ1v) is 6.56. The molecule has 0 saturated carbocycles. The normalized spacial score (nSPS) is 15.7. The fourth-order valence-electron chi connectivity index (χ4n) is 1.49. The van der Waals surface area contributed by atoms with Crippen LogP contribution < -0.4 is 0 Å². The van der Waals surface area contributed by atoms with E-state index in [-0.39, 0.29) is 16.0 Å². The van der Waals surface area contributed by atoms with Gasteiger partial charge in [0.2, 0.25) is 11.6 Å². The lowest BCUT2D eigenvalue weighted by Crippen LogP contribution is -2.20. The third kappa shape index (κ3) is 1.68. The van der Waals surface area contributed by atoms with Crippen LogP contribution in [0.3, 0.4) is 0 Å². The van der Waals surface area contributed by atoms with Gasteiger partial charge in [0.25, 0.3) is 9.05 Å². The standard InChI is InChI=1S/C10H5ClO4S/c11-16(14,15)9-5-8(12)10(13)7-4-2-1-3-6(7)9/h1-5H. The number of ketones is 2. The Kier molecular flexibility index (Phi) is 2.44. The zero-order chi connectivity index (χ0) is 11.9. The Morgan fingerprint density at radius 3 is 2.12 bits per heavy atom. The molecule has 0 saturated heterocycles. The van der Waals surface area contributed by atoms with Gasteiger partial charge in [0, 0.05) is 27.9 Å². The molecule has 1 aliphatic rings. The molecule has 2 rings (SSSR count). The van der Waals surface area contributed by atoms with E-state index in [0.717, 1.165) is 6.08 Å². The fourth-order valence-corrected chi connectivity index (χ4v) is 2.56. The molecular weight excluding hydrogens is 252 g/mol. The molecule has 0 bridgehead atoms. The molecule has 0 spiro atoms. The highest BCUT2D eigenvalue weighted by Crippen LogP contribution is 2.30. The van der Waals surface area contributed by atoms with Crippen molar-refractivity contribution in [3.05, 3.63) is 41.5 Å². The lowest BCUT2D eigenvalue weighted by Gasteiger charge is -2.12.